The second-order valence-electron chi connectivity index (χ2n) is 7.32. The van der Waals surface area contributed by atoms with Crippen molar-refractivity contribution in [3.8, 4) is 0 Å². The van der Waals surface area contributed by atoms with Crippen LogP contribution in [-0.4, -0.2) is 34.9 Å². The summed E-state index contributed by atoms with van der Waals surface area (Å²) in [5, 5.41) is 0. The molecule has 0 aliphatic carbocycles. The Kier molecular flexibility index (Phi) is 6.26. The topological polar surface area (TPSA) is 36.4 Å². The van der Waals surface area contributed by atoms with Crippen molar-refractivity contribution in [2.24, 2.45) is 0 Å². The summed E-state index contributed by atoms with van der Waals surface area (Å²) >= 11 is 0. The number of aromatic nitrogens is 1. The van der Waals surface area contributed by atoms with E-state index in [1.165, 1.54) is 25.7 Å². The standard InChI is InChI=1S/C22H29N3O/c1-18(2)25(17-19-10-6-5-7-11-19)22(26)21-13-12-20(16-23-21)24-14-8-3-4-9-15-24/h5-7,10-13,16,18H,3-4,8-9,14-15,17H2,1-2H3. The number of carbonyl (C=O) groups excluding carboxylic acids is 1. The number of benzene rings is 1. The fourth-order valence-corrected chi connectivity index (χ4v) is 3.44. The predicted molar refractivity (Wildman–Crippen MR) is 106 cm³/mol. The third kappa shape index (κ3) is 4.63. The molecule has 2 heterocycles. The predicted octanol–water partition coefficient (Wildman–Crippen LogP) is 4.51. The monoisotopic (exact) mass is 351 g/mol. The Morgan fingerprint density at radius 1 is 1.04 bits per heavy atom. The summed E-state index contributed by atoms with van der Waals surface area (Å²) in [5.74, 6) is -0.00808. The van der Waals surface area contributed by atoms with Crippen LogP contribution in [0.4, 0.5) is 5.69 Å². The summed E-state index contributed by atoms with van der Waals surface area (Å²) in [4.78, 5) is 21.7. The SMILES string of the molecule is CC(C)N(Cc1ccccc1)C(=O)c1ccc(N2CCCCCC2)cn1. The van der Waals surface area contributed by atoms with E-state index in [0.717, 1.165) is 24.3 Å². The number of amides is 1. The van der Waals surface area contributed by atoms with Gasteiger partial charge in [0.05, 0.1) is 11.9 Å². The molecule has 4 heteroatoms. The van der Waals surface area contributed by atoms with Crippen LogP contribution in [0.5, 0.6) is 0 Å². The Labute approximate surface area is 156 Å². The molecular formula is C22H29N3O. The van der Waals surface area contributed by atoms with E-state index in [9.17, 15) is 4.79 Å². The number of rotatable bonds is 5. The first-order valence-electron chi connectivity index (χ1n) is 9.71. The van der Waals surface area contributed by atoms with Gasteiger partial charge in [-0.1, -0.05) is 43.2 Å². The van der Waals surface area contributed by atoms with Gasteiger partial charge in [0, 0.05) is 25.7 Å². The van der Waals surface area contributed by atoms with Crippen LogP contribution in [0.1, 0.15) is 55.6 Å². The van der Waals surface area contributed by atoms with Crippen LogP contribution in [-0.2, 0) is 6.54 Å². The molecule has 0 atom stereocenters. The molecule has 26 heavy (non-hydrogen) atoms. The lowest BCUT2D eigenvalue weighted by atomic mass is 10.1. The molecule has 0 N–H and O–H groups in total. The van der Waals surface area contributed by atoms with Crippen molar-refractivity contribution in [1.82, 2.24) is 9.88 Å². The van der Waals surface area contributed by atoms with Gasteiger partial charge in [-0.3, -0.25) is 4.79 Å². The molecule has 0 spiro atoms. The van der Waals surface area contributed by atoms with Gasteiger partial charge < -0.3 is 9.80 Å². The van der Waals surface area contributed by atoms with E-state index < -0.39 is 0 Å². The maximum absolute atomic E-state index is 13.0. The van der Waals surface area contributed by atoms with Crippen molar-refractivity contribution in [2.75, 3.05) is 18.0 Å². The van der Waals surface area contributed by atoms with Gasteiger partial charge in [0.1, 0.15) is 5.69 Å². The summed E-state index contributed by atoms with van der Waals surface area (Å²) in [6.45, 7) is 6.87. The van der Waals surface area contributed by atoms with Gasteiger partial charge in [-0.15, -0.1) is 0 Å². The van der Waals surface area contributed by atoms with E-state index in [-0.39, 0.29) is 11.9 Å². The molecule has 0 saturated carbocycles. The highest BCUT2D eigenvalue weighted by Gasteiger charge is 2.20. The van der Waals surface area contributed by atoms with Crippen LogP contribution in [0.2, 0.25) is 0 Å². The van der Waals surface area contributed by atoms with E-state index in [2.05, 4.69) is 22.0 Å². The van der Waals surface area contributed by atoms with E-state index in [1.807, 2.05) is 55.3 Å². The highest BCUT2D eigenvalue weighted by Crippen LogP contribution is 2.20. The van der Waals surface area contributed by atoms with Crippen LogP contribution < -0.4 is 4.90 Å². The zero-order valence-electron chi connectivity index (χ0n) is 15.9. The van der Waals surface area contributed by atoms with Gasteiger partial charge in [0.25, 0.3) is 5.91 Å². The van der Waals surface area contributed by atoms with E-state index in [0.29, 0.717) is 12.2 Å². The zero-order chi connectivity index (χ0) is 18.4. The third-order valence-electron chi connectivity index (χ3n) is 5.02. The highest BCUT2D eigenvalue weighted by molar-refractivity contribution is 5.92. The van der Waals surface area contributed by atoms with Crippen molar-refractivity contribution < 1.29 is 4.79 Å². The van der Waals surface area contributed by atoms with Crippen LogP contribution in [0.15, 0.2) is 48.7 Å². The lowest BCUT2D eigenvalue weighted by molar-refractivity contribution is 0.0684. The maximum Gasteiger partial charge on any atom is 0.272 e. The Hall–Kier alpha value is -2.36. The molecule has 4 nitrogen and oxygen atoms in total. The molecule has 2 aromatic rings. The largest absolute Gasteiger partial charge is 0.370 e. The molecule has 1 aromatic heterocycles. The molecule has 3 rings (SSSR count). The van der Waals surface area contributed by atoms with Gasteiger partial charge >= 0.3 is 0 Å². The minimum Gasteiger partial charge on any atom is -0.370 e. The molecule has 138 valence electrons. The van der Waals surface area contributed by atoms with Crippen LogP contribution in [0.25, 0.3) is 0 Å². The van der Waals surface area contributed by atoms with E-state index >= 15 is 0 Å². The van der Waals surface area contributed by atoms with Gasteiger partial charge in [0.2, 0.25) is 0 Å². The molecule has 1 fully saturated rings. The van der Waals surface area contributed by atoms with Crippen molar-refractivity contribution in [3.63, 3.8) is 0 Å². The van der Waals surface area contributed by atoms with Gasteiger partial charge in [-0.25, -0.2) is 4.98 Å². The number of anilines is 1. The third-order valence-corrected chi connectivity index (χ3v) is 5.02. The minimum atomic E-state index is -0.00808. The van der Waals surface area contributed by atoms with Crippen LogP contribution in [0.3, 0.4) is 0 Å². The summed E-state index contributed by atoms with van der Waals surface area (Å²) < 4.78 is 0. The number of hydrogen-bond donors (Lipinski definition) is 0. The fourth-order valence-electron chi connectivity index (χ4n) is 3.44. The molecule has 1 aliphatic rings. The molecule has 1 aliphatic heterocycles. The smallest absolute Gasteiger partial charge is 0.272 e. The summed E-state index contributed by atoms with van der Waals surface area (Å²) in [5.41, 5.74) is 2.78. The molecular weight excluding hydrogens is 322 g/mol. The molecule has 0 unspecified atom stereocenters. The van der Waals surface area contributed by atoms with E-state index in [4.69, 9.17) is 0 Å². The number of pyridine rings is 1. The fraction of sp³-hybridized carbons (Fsp3) is 0.455. The first-order valence-corrected chi connectivity index (χ1v) is 9.71. The summed E-state index contributed by atoms with van der Waals surface area (Å²) in [6.07, 6.45) is 6.95. The Morgan fingerprint density at radius 3 is 2.31 bits per heavy atom. The quantitative estimate of drug-likeness (QED) is 0.795. The second-order valence-corrected chi connectivity index (χ2v) is 7.32. The molecule has 1 saturated heterocycles. The van der Waals surface area contributed by atoms with Crippen molar-refractivity contribution in [3.05, 3.63) is 59.9 Å². The molecule has 1 aromatic carbocycles. The Morgan fingerprint density at radius 2 is 1.73 bits per heavy atom. The van der Waals surface area contributed by atoms with Crippen molar-refractivity contribution in [1.29, 1.82) is 0 Å². The minimum absolute atomic E-state index is 0.00808. The average molecular weight is 351 g/mol. The molecule has 0 radical (unpaired) electrons. The summed E-state index contributed by atoms with van der Waals surface area (Å²) in [7, 11) is 0. The van der Waals surface area contributed by atoms with Crippen molar-refractivity contribution >= 4 is 11.6 Å². The molecule has 1 amide bonds. The molecule has 0 bridgehead atoms. The van der Waals surface area contributed by atoms with Crippen LogP contribution >= 0.6 is 0 Å². The van der Waals surface area contributed by atoms with Gasteiger partial charge in [-0.05, 0) is 44.4 Å². The normalized spacial score (nSPS) is 15.0. The number of hydrogen-bond acceptors (Lipinski definition) is 3. The lowest BCUT2D eigenvalue weighted by Gasteiger charge is -2.27. The second kappa shape index (κ2) is 8.84. The van der Waals surface area contributed by atoms with Crippen molar-refractivity contribution in [2.45, 2.75) is 52.1 Å². The highest BCUT2D eigenvalue weighted by atomic mass is 16.2. The first-order chi connectivity index (χ1) is 12.6. The number of nitrogens with zero attached hydrogens (tertiary/aromatic N) is 3. The number of carbonyl (C=O) groups is 1. The van der Waals surface area contributed by atoms with Crippen LogP contribution in [0, 0.1) is 0 Å². The zero-order valence-corrected chi connectivity index (χ0v) is 15.9. The Bertz CT molecular complexity index is 689. The summed E-state index contributed by atoms with van der Waals surface area (Å²) in [6, 6.07) is 14.2. The lowest BCUT2D eigenvalue weighted by Crippen LogP contribution is -2.37. The average Bonchev–Trinajstić information content (AvgIpc) is 2.96. The maximum atomic E-state index is 13.0. The Balaban J connectivity index is 1.72. The van der Waals surface area contributed by atoms with E-state index in [1.54, 1.807) is 0 Å². The van der Waals surface area contributed by atoms with Gasteiger partial charge in [-0.2, -0.15) is 0 Å². The van der Waals surface area contributed by atoms with Gasteiger partial charge in [0.15, 0.2) is 0 Å². The first kappa shape index (κ1) is 18.4.